The van der Waals surface area contributed by atoms with E-state index in [1.807, 2.05) is 24.3 Å². The number of nitrogens with zero attached hydrogens (tertiary/aromatic N) is 4. The molecule has 3 aromatic rings. The van der Waals surface area contributed by atoms with Crippen molar-refractivity contribution in [2.24, 2.45) is 0 Å². The van der Waals surface area contributed by atoms with Gasteiger partial charge in [-0.2, -0.15) is 0 Å². The molecule has 0 spiro atoms. The normalized spacial score (nSPS) is 10.8. The molecule has 5 heteroatoms. The Kier molecular flexibility index (Phi) is 1.83. The lowest BCUT2D eigenvalue weighted by atomic mass is 10.1. The number of fused-ring (bicyclic) bond motifs is 3. The molecule has 16 heavy (non-hydrogen) atoms. The van der Waals surface area contributed by atoms with Gasteiger partial charge in [-0.1, -0.05) is 23.3 Å². The molecule has 0 saturated carbocycles. The van der Waals surface area contributed by atoms with Gasteiger partial charge in [0.2, 0.25) is 0 Å². The summed E-state index contributed by atoms with van der Waals surface area (Å²) in [7, 11) is 0. The fourth-order valence-electron chi connectivity index (χ4n) is 1.70. The van der Waals surface area contributed by atoms with E-state index in [1.54, 1.807) is 6.20 Å². The number of aromatic nitrogens is 4. The van der Waals surface area contributed by atoms with Crippen molar-refractivity contribution in [1.29, 1.82) is 0 Å². The van der Waals surface area contributed by atoms with Crippen LogP contribution in [0.4, 0.5) is 0 Å². The maximum Gasteiger partial charge on any atom is 0.298 e. The summed E-state index contributed by atoms with van der Waals surface area (Å²) in [5.74, 6) is 0. The molecule has 0 atom stereocenters. The summed E-state index contributed by atoms with van der Waals surface area (Å²) in [6, 6.07) is 7.42. The monoisotopic (exact) mass is 210 g/mol. The van der Waals surface area contributed by atoms with Gasteiger partial charge >= 0.3 is 0 Å². The van der Waals surface area contributed by atoms with Crippen molar-refractivity contribution in [3.63, 3.8) is 0 Å². The zero-order valence-corrected chi connectivity index (χ0v) is 8.16. The van der Waals surface area contributed by atoms with Crippen LogP contribution in [0.15, 0.2) is 41.5 Å². The third kappa shape index (κ3) is 1.22. The molecule has 0 radical (unpaired) electrons. The van der Waals surface area contributed by atoms with Crippen LogP contribution in [-0.2, 0) is 0 Å². The van der Waals surface area contributed by atoms with E-state index in [2.05, 4.69) is 20.4 Å². The molecule has 1 aromatic carbocycles. The summed E-state index contributed by atoms with van der Waals surface area (Å²) < 4.78 is 0. The Balaban J connectivity index is 2.71. The van der Waals surface area contributed by atoms with Gasteiger partial charge in [-0.15, -0.1) is 5.10 Å². The van der Waals surface area contributed by atoms with Gasteiger partial charge in [0.1, 0.15) is 0 Å². The molecule has 0 fully saturated rings. The van der Waals surface area contributed by atoms with Crippen molar-refractivity contribution in [2.45, 2.75) is 0 Å². The van der Waals surface area contributed by atoms with Gasteiger partial charge in [0.05, 0.1) is 17.1 Å². The van der Waals surface area contributed by atoms with Gasteiger partial charge in [0.15, 0.2) is 0 Å². The topological polar surface area (TPSA) is 68.6 Å². The van der Waals surface area contributed by atoms with Gasteiger partial charge < -0.3 is 0 Å². The van der Waals surface area contributed by atoms with Gasteiger partial charge in [-0.25, -0.2) is 0 Å². The number of benzene rings is 1. The van der Waals surface area contributed by atoms with Crippen molar-refractivity contribution < 1.29 is 0 Å². The Morgan fingerprint density at radius 3 is 2.88 bits per heavy atom. The van der Waals surface area contributed by atoms with E-state index in [-0.39, 0.29) is 5.56 Å². The fourth-order valence-corrected chi connectivity index (χ4v) is 1.70. The minimum atomic E-state index is -0.383. The second-order valence-electron chi connectivity index (χ2n) is 3.34. The van der Waals surface area contributed by atoms with E-state index in [9.17, 15) is 4.79 Å². The van der Waals surface area contributed by atoms with Gasteiger partial charge in [0.25, 0.3) is 5.56 Å². The Bertz CT molecular complexity index is 742. The summed E-state index contributed by atoms with van der Waals surface area (Å²) in [6.45, 7) is 0. The van der Waals surface area contributed by atoms with Gasteiger partial charge in [0, 0.05) is 17.0 Å². The molecular formula is C11H6N4O. The minimum absolute atomic E-state index is 0.383. The summed E-state index contributed by atoms with van der Waals surface area (Å²) in [4.78, 5) is 16.0. The lowest BCUT2D eigenvalue weighted by Crippen LogP contribution is -2.04. The molecule has 0 saturated heterocycles. The standard InChI is InChI=1S/C11H6N4O/c16-11-10-7(6-13-15-14-11)5-12-9-4-2-1-3-8(9)10/h1-6H. The average molecular weight is 210 g/mol. The average Bonchev–Trinajstić information content (AvgIpc) is 2.51. The highest BCUT2D eigenvalue weighted by Gasteiger charge is 2.04. The Hall–Kier alpha value is -2.43. The van der Waals surface area contributed by atoms with E-state index in [0.29, 0.717) is 10.8 Å². The smallest absolute Gasteiger partial charge is 0.265 e. The molecule has 0 aliphatic heterocycles. The summed E-state index contributed by atoms with van der Waals surface area (Å²) in [5, 5.41) is 12.4. The molecule has 0 N–H and O–H groups in total. The largest absolute Gasteiger partial charge is 0.298 e. The first-order valence-electron chi connectivity index (χ1n) is 4.72. The predicted molar refractivity (Wildman–Crippen MR) is 58.9 cm³/mol. The third-order valence-corrected chi connectivity index (χ3v) is 2.40. The van der Waals surface area contributed by atoms with Crippen LogP contribution in [-0.4, -0.2) is 20.4 Å². The van der Waals surface area contributed by atoms with Crippen molar-refractivity contribution in [2.75, 3.05) is 0 Å². The van der Waals surface area contributed by atoms with E-state index >= 15 is 0 Å². The molecule has 0 bridgehead atoms. The highest BCUT2D eigenvalue weighted by atomic mass is 16.1. The molecule has 76 valence electrons. The molecule has 2 aromatic heterocycles. The lowest BCUT2D eigenvalue weighted by Gasteiger charge is -1.97. The highest BCUT2D eigenvalue weighted by Crippen LogP contribution is 2.18. The maximum atomic E-state index is 11.8. The van der Waals surface area contributed by atoms with Crippen molar-refractivity contribution in [3.8, 4) is 0 Å². The van der Waals surface area contributed by atoms with Crippen LogP contribution in [0.2, 0.25) is 0 Å². The summed E-state index contributed by atoms with van der Waals surface area (Å²) in [6.07, 6.45) is 3.10. The van der Waals surface area contributed by atoms with E-state index < -0.39 is 0 Å². The highest BCUT2D eigenvalue weighted by molar-refractivity contribution is 6.04. The first-order valence-corrected chi connectivity index (χ1v) is 4.72. The molecular weight excluding hydrogens is 204 g/mol. The minimum Gasteiger partial charge on any atom is -0.265 e. The van der Waals surface area contributed by atoms with E-state index in [0.717, 1.165) is 10.9 Å². The van der Waals surface area contributed by atoms with Crippen molar-refractivity contribution in [3.05, 3.63) is 47.0 Å². The van der Waals surface area contributed by atoms with E-state index in [4.69, 9.17) is 0 Å². The van der Waals surface area contributed by atoms with Crippen molar-refractivity contribution in [1.82, 2.24) is 20.4 Å². The second-order valence-corrected chi connectivity index (χ2v) is 3.34. The number of pyridine rings is 1. The molecule has 0 unspecified atom stereocenters. The summed E-state index contributed by atoms with van der Waals surface area (Å²) in [5.41, 5.74) is 0.381. The second kappa shape index (κ2) is 3.30. The third-order valence-electron chi connectivity index (χ3n) is 2.40. The van der Waals surface area contributed by atoms with Crippen LogP contribution >= 0.6 is 0 Å². The molecule has 0 aliphatic rings. The molecule has 0 amide bonds. The zero-order valence-electron chi connectivity index (χ0n) is 8.16. The van der Waals surface area contributed by atoms with Gasteiger partial charge in [-0.05, 0) is 11.3 Å². The fraction of sp³-hybridized carbons (Fsp3) is 0. The Morgan fingerprint density at radius 2 is 1.94 bits per heavy atom. The SMILES string of the molecule is O=c1nnncc2cnc3ccccc3c12. The molecule has 2 heterocycles. The number of hydrogen-bond acceptors (Lipinski definition) is 5. The molecule has 5 nitrogen and oxygen atoms in total. The van der Waals surface area contributed by atoms with E-state index in [1.165, 1.54) is 6.20 Å². The summed E-state index contributed by atoms with van der Waals surface area (Å²) >= 11 is 0. The Morgan fingerprint density at radius 1 is 1.06 bits per heavy atom. The number of rotatable bonds is 0. The predicted octanol–water partition coefficient (Wildman–Crippen LogP) is 0.933. The zero-order chi connectivity index (χ0) is 11.0. The van der Waals surface area contributed by atoms with Crippen LogP contribution in [0.3, 0.4) is 0 Å². The van der Waals surface area contributed by atoms with Crippen LogP contribution in [0.5, 0.6) is 0 Å². The lowest BCUT2D eigenvalue weighted by molar-refractivity contribution is 0.875. The quantitative estimate of drug-likeness (QED) is 0.552. The first-order chi connectivity index (χ1) is 7.86. The first kappa shape index (κ1) is 8.84. The molecule has 3 rings (SSSR count). The number of hydrogen-bond donors (Lipinski definition) is 0. The van der Waals surface area contributed by atoms with Crippen molar-refractivity contribution >= 4 is 21.7 Å². The Labute approximate surface area is 89.8 Å². The van der Waals surface area contributed by atoms with Crippen LogP contribution in [0, 0.1) is 0 Å². The van der Waals surface area contributed by atoms with Crippen LogP contribution in [0.25, 0.3) is 21.7 Å². The maximum absolute atomic E-state index is 11.8. The molecule has 0 aliphatic carbocycles. The van der Waals surface area contributed by atoms with Crippen LogP contribution in [0.1, 0.15) is 0 Å². The van der Waals surface area contributed by atoms with Gasteiger partial charge in [-0.3, -0.25) is 9.78 Å². The van der Waals surface area contributed by atoms with Crippen LogP contribution < -0.4 is 5.56 Å². The number of para-hydroxylation sites is 1.